The second kappa shape index (κ2) is 11.7. The molecule has 176 valence electrons. The number of anilines is 2. The maximum atomic E-state index is 12.2. The van der Waals surface area contributed by atoms with Crippen LogP contribution < -0.4 is 20.3 Å². The van der Waals surface area contributed by atoms with Crippen molar-refractivity contribution < 1.29 is 23.9 Å². The first kappa shape index (κ1) is 25.5. The van der Waals surface area contributed by atoms with E-state index in [0.717, 1.165) is 5.69 Å². The van der Waals surface area contributed by atoms with E-state index < -0.39 is 16.9 Å². The number of aromatic nitrogens is 1. The molecule has 0 bridgehead atoms. The predicted octanol–water partition coefficient (Wildman–Crippen LogP) is 2.94. The van der Waals surface area contributed by atoms with Crippen LogP contribution in [-0.4, -0.2) is 70.8 Å². The lowest BCUT2D eigenvalue weighted by Gasteiger charge is -2.36. The Hall–Kier alpha value is -2.80. The van der Waals surface area contributed by atoms with Crippen molar-refractivity contribution in [3.63, 3.8) is 0 Å². The normalized spacial score (nSPS) is 13.8. The Labute approximate surface area is 196 Å². The summed E-state index contributed by atoms with van der Waals surface area (Å²) in [6, 6.07) is 2.94. The van der Waals surface area contributed by atoms with Gasteiger partial charge in [-0.3, -0.25) is 10.0 Å². The van der Waals surface area contributed by atoms with Crippen molar-refractivity contribution in [2.24, 2.45) is 0 Å². The summed E-state index contributed by atoms with van der Waals surface area (Å²) in [6.45, 7) is 9.85. The van der Waals surface area contributed by atoms with Gasteiger partial charge in [0.15, 0.2) is 5.11 Å². The Morgan fingerprint density at radius 2 is 1.88 bits per heavy atom. The van der Waals surface area contributed by atoms with Gasteiger partial charge in [0.1, 0.15) is 11.4 Å². The van der Waals surface area contributed by atoms with E-state index in [4.69, 9.17) is 17.0 Å². The largest absolute Gasteiger partial charge is 0.457 e. The second-order valence-corrected chi connectivity index (χ2v) is 8.80. The second-order valence-electron chi connectivity index (χ2n) is 7.65. The van der Waals surface area contributed by atoms with E-state index in [-0.39, 0.29) is 17.8 Å². The number of thiocarbonyl (C=S) groups is 1. The monoisotopic (exact) mass is 484 g/mol. The van der Waals surface area contributed by atoms with Crippen molar-refractivity contribution in [2.45, 2.75) is 33.3 Å². The molecule has 1 aliphatic heterocycles. The van der Waals surface area contributed by atoms with Crippen LogP contribution in [0.5, 0.6) is 0 Å². The number of hydrogen-bond donors (Lipinski definition) is 3. The number of nitrogens with zero attached hydrogens (tertiary/aromatic N) is 3. The number of ether oxygens (including phenoxy) is 2. The van der Waals surface area contributed by atoms with Gasteiger partial charge >= 0.3 is 17.4 Å². The number of pyridine rings is 1. The van der Waals surface area contributed by atoms with Gasteiger partial charge in [0, 0.05) is 26.2 Å². The summed E-state index contributed by atoms with van der Waals surface area (Å²) >= 11 is 5.58. The first-order valence-electron chi connectivity index (χ1n) is 9.98. The molecule has 3 amide bonds. The van der Waals surface area contributed by atoms with Crippen LogP contribution in [0.3, 0.4) is 0 Å². The number of hydrogen-bond acceptors (Lipinski definition) is 9. The molecule has 0 aromatic carbocycles. The Kier molecular flexibility index (Phi) is 9.32. The highest BCUT2D eigenvalue weighted by Gasteiger charge is 2.26. The number of carbonyl (C=O) groups is 3. The first-order valence-corrected chi connectivity index (χ1v) is 11.2. The van der Waals surface area contributed by atoms with Gasteiger partial charge < -0.3 is 24.6 Å². The molecule has 0 saturated carbocycles. The molecule has 2 rings (SSSR count). The number of carbonyl (C=O) groups excluding carboxylic acids is 3. The summed E-state index contributed by atoms with van der Waals surface area (Å²) in [6.07, 6.45) is 1.38. The number of urea groups is 1. The highest BCUT2D eigenvalue weighted by atomic mass is 32.2. The lowest BCUT2D eigenvalue weighted by atomic mass is 10.2. The molecule has 1 aromatic rings. The van der Waals surface area contributed by atoms with Gasteiger partial charge in [-0.05, 0) is 52.0 Å². The van der Waals surface area contributed by atoms with E-state index in [1.54, 1.807) is 24.1 Å². The number of rotatable bonds is 3. The van der Waals surface area contributed by atoms with E-state index in [0.29, 0.717) is 43.9 Å². The van der Waals surface area contributed by atoms with Gasteiger partial charge in [0.25, 0.3) is 0 Å². The van der Waals surface area contributed by atoms with Crippen LogP contribution in [0.4, 0.5) is 25.9 Å². The highest BCUT2D eigenvalue weighted by Crippen LogP contribution is 2.18. The minimum atomic E-state index is -0.667. The van der Waals surface area contributed by atoms with Crippen LogP contribution in [0.15, 0.2) is 18.3 Å². The lowest BCUT2D eigenvalue weighted by molar-refractivity contribution is 0.0240. The third-order valence-corrected chi connectivity index (χ3v) is 4.78. The fourth-order valence-corrected chi connectivity index (χ4v) is 3.23. The van der Waals surface area contributed by atoms with Gasteiger partial charge in [-0.1, -0.05) is 0 Å². The van der Waals surface area contributed by atoms with Crippen molar-refractivity contribution in [1.29, 1.82) is 0 Å². The lowest BCUT2D eigenvalue weighted by Crippen LogP contribution is -2.50. The standard InChI is InChI=1S/C19H28N6O5S2/c1-5-29-18(28)32-23-15(26)22-16(31)21-14-7-6-13(12-20-14)24-8-10-25(11-9-24)17(27)30-19(2,3)4/h6-7,12H,5,8-11H2,1-4H3,(H3,20,21,22,23,26,31). The fourth-order valence-electron chi connectivity index (χ4n) is 2.63. The van der Waals surface area contributed by atoms with E-state index in [2.05, 4.69) is 30.0 Å². The summed E-state index contributed by atoms with van der Waals surface area (Å²) in [5.74, 6) is 0.449. The quantitative estimate of drug-likeness (QED) is 0.335. The van der Waals surface area contributed by atoms with Crippen LogP contribution in [0.1, 0.15) is 27.7 Å². The van der Waals surface area contributed by atoms with Crippen LogP contribution >= 0.6 is 24.2 Å². The highest BCUT2D eigenvalue weighted by molar-refractivity contribution is 8.12. The molecule has 0 atom stereocenters. The molecule has 32 heavy (non-hydrogen) atoms. The fraction of sp³-hybridized carbons (Fsp3) is 0.526. The summed E-state index contributed by atoms with van der Waals surface area (Å²) in [5.41, 5.74) is 0.387. The van der Waals surface area contributed by atoms with Gasteiger partial charge in [0.05, 0.1) is 30.4 Å². The Morgan fingerprint density at radius 1 is 1.19 bits per heavy atom. The zero-order chi connectivity index (χ0) is 23.7. The predicted molar refractivity (Wildman–Crippen MR) is 127 cm³/mol. The average Bonchev–Trinajstić information content (AvgIpc) is 2.72. The van der Waals surface area contributed by atoms with Crippen LogP contribution in [0.2, 0.25) is 0 Å². The zero-order valence-electron chi connectivity index (χ0n) is 18.5. The molecule has 1 aromatic heterocycles. The molecule has 11 nitrogen and oxygen atoms in total. The third-order valence-electron chi connectivity index (χ3n) is 4.00. The molecule has 13 heteroatoms. The molecule has 1 saturated heterocycles. The van der Waals surface area contributed by atoms with Crippen molar-refractivity contribution in [3.05, 3.63) is 18.3 Å². The van der Waals surface area contributed by atoms with Crippen molar-refractivity contribution in [3.8, 4) is 0 Å². The van der Waals surface area contributed by atoms with E-state index in [1.807, 2.05) is 26.8 Å². The topological polar surface area (TPSA) is 125 Å². The number of piperazine rings is 1. The van der Waals surface area contributed by atoms with Crippen molar-refractivity contribution in [2.75, 3.05) is 43.0 Å². The number of amides is 3. The molecule has 1 aliphatic rings. The summed E-state index contributed by atoms with van der Waals surface area (Å²) in [7, 11) is 0. The number of nitrogens with one attached hydrogen (secondary N) is 3. The van der Waals surface area contributed by atoms with E-state index in [9.17, 15) is 14.4 Å². The molecular formula is C19H28N6O5S2. The average molecular weight is 485 g/mol. The van der Waals surface area contributed by atoms with Crippen molar-refractivity contribution >= 4 is 58.2 Å². The third kappa shape index (κ3) is 8.75. The molecule has 3 N–H and O–H groups in total. The molecule has 0 unspecified atom stereocenters. The maximum Gasteiger partial charge on any atom is 0.410 e. The van der Waals surface area contributed by atoms with Gasteiger partial charge in [-0.25, -0.2) is 19.4 Å². The first-order chi connectivity index (χ1) is 15.1. The van der Waals surface area contributed by atoms with Crippen LogP contribution in [0.25, 0.3) is 0 Å². The minimum Gasteiger partial charge on any atom is -0.457 e. The van der Waals surface area contributed by atoms with Gasteiger partial charge in [-0.15, -0.1) is 0 Å². The maximum absolute atomic E-state index is 12.2. The van der Waals surface area contributed by atoms with E-state index in [1.165, 1.54) is 0 Å². The Bertz CT molecular complexity index is 822. The Morgan fingerprint density at radius 3 is 2.44 bits per heavy atom. The van der Waals surface area contributed by atoms with E-state index >= 15 is 0 Å². The van der Waals surface area contributed by atoms with Crippen LogP contribution in [-0.2, 0) is 9.47 Å². The van der Waals surface area contributed by atoms with Gasteiger partial charge in [-0.2, -0.15) is 0 Å². The smallest absolute Gasteiger partial charge is 0.410 e. The molecule has 1 fully saturated rings. The zero-order valence-corrected chi connectivity index (χ0v) is 20.1. The summed E-state index contributed by atoms with van der Waals surface area (Å²) in [4.78, 5) is 43.2. The molecule has 0 radical (unpaired) electrons. The van der Waals surface area contributed by atoms with Gasteiger partial charge in [0.2, 0.25) is 0 Å². The van der Waals surface area contributed by atoms with Crippen molar-refractivity contribution in [1.82, 2.24) is 19.9 Å². The molecule has 0 aliphatic carbocycles. The van der Waals surface area contributed by atoms with Crippen LogP contribution in [0, 0.1) is 0 Å². The molecule has 2 heterocycles. The molecular weight excluding hydrogens is 456 g/mol. The SMILES string of the molecule is CCOC(=O)SNC(=O)NC(=S)Nc1ccc(N2CCN(C(=O)OC(C)(C)C)CC2)cn1. The Balaban J connectivity index is 1.77. The summed E-state index contributed by atoms with van der Waals surface area (Å²) < 4.78 is 12.4. The molecule has 0 spiro atoms. The summed E-state index contributed by atoms with van der Waals surface area (Å²) in [5, 5.41) is 4.58. The minimum absolute atomic E-state index is 0.0261.